The Kier molecular flexibility index (Phi) is 3.39. The number of amides is 1. The number of carbonyl (C=O) groups is 1. The van der Waals surface area contributed by atoms with Gasteiger partial charge in [-0.1, -0.05) is 22.9 Å². The molecule has 2 aromatic heterocycles. The molecule has 1 aliphatic heterocycles. The van der Waals surface area contributed by atoms with Crippen molar-refractivity contribution in [2.45, 2.75) is 6.61 Å². The van der Waals surface area contributed by atoms with E-state index in [2.05, 4.69) is 20.6 Å². The molecule has 120 valence electrons. The Morgan fingerprint density at radius 2 is 2.21 bits per heavy atom. The molecule has 0 saturated carbocycles. The number of halogens is 2. The first-order chi connectivity index (χ1) is 11.6. The lowest BCUT2D eigenvalue weighted by Crippen LogP contribution is -2.19. The van der Waals surface area contributed by atoms with Crippen LogP contribution in [0.2, 0.25) is 5.15 Å². The summed E-state index contributed by atoms with van der Waals surface area (Å²) in [6, 6.07) is 8.93. The van der Waals surface area contributed by atoms with Crippen molar-refractivity contribution >= 4 is 23.3 Å². The number of anilines is 1. The number of hydrogen-bond acceptors (Lipinski definition) is 5. The van der Waals surface area contributed by atoms with Crippen LogP contribution in [-0.4, -0.2) is 25.9 Å². The maximum Gasteiger partial charge on any atom is 0.279 e. The zero-order chi connectivity index (χ0) is 16.7. The Morgan fingerprint density at radius 1 is 1.33 bits per heavy atom. The Bertz CT molecular complexity index is 959. The number of benzene rings is 1. The Labute approximate surface area is 140 Å². The molecule has 1 aromatic carbocycles. The molecule has 24 heavy (non-hydrogen) atoms. The fourth-order valence-electron chi connectivity index (χ4n) is 2.38. The molecule has 7 nitrogen and oxygen atoms in total. The summed E-state index contributed by atoms with van der Waals surface area (Å²) in [5, 5.41) is 10.7. The summed E-state index contributed by atoms with van der Waals surface area (Å²) >= 11 is 5.79. The van der Waals surface area contributed by atoms with E-state index in [4.69, 9.17) is 16.3 Å². The lowest BCUT2D eigenvalue weighted by molar-refractivity contribution is 0.101. The van der Waals surface area contributed by atoms with Crippen molar-refractivity contribution < 1.29 is 13.9 Å². The van der Waals surface area contributed by atoms with Gasteiger partial charge in [-0.2, -0.15) is 0 Å². The van der Waals surface area contributed by atoms with Crippen molar-refractivity contribution in [3.8, 4) is 11.4 Å². The molecule has 0 fully saturated rings. The topological polar surface area (TPSA) is 81.9 Å². The predicted octanol–water partition coefficient (Wildman–Crippen LogP) is 2.60. The van der Waals surface area contributed by atoms with E-state index >= 15 is 0 Å². The van der Waals surface area contributed by atoms with Crippen LogP contribution >= 0.6 is 11.6 Å². The van der Waals surface area contributed by atoms with Crippen molar-refractivity contribution in [1.82, 2.24) is 20.0 Å². The summed E-state index contributed by atoms with van der Waals surface area (Å²) in [6.07, 6.45) is 0. The van der Waals surface area contributed by atoms with Crippen molar-refractivity contribution in [3.63, 3.8) is 0 Å². The summed E-state index contributed by atoms with van der Waals surface area (Å²) in [7, 11) is 0. The minimum Gasteiger partial charge on any atom is -0.485 e. The van der Waals surface area contributed by atoms with Crippen LogP contribution in [0.25, 0.3) is 5.69 Å². The van der Waals surface area contributed by atoms with E-state index in [1.165, 1.54) is 22.9 Å². The van der Waals surface area contributed by atoms with E-state index in [9.17, 15) is 9.18 Å². The molecule has 0 saturated heterocycles. The number of rotatable bonds is 2. The number of pyridine rings is 1. The third-order valence-corrected chi connectivity index (χ3v) is 3.66. The zero-order valence-corrected chi connectivity index (χ0v) is 12.8. The maximum atomic E-state index is 13.3. The van der Waals surface area contributed by atoms with Crippen molar-refractivity contribution in [3.05, 3.63) is 58.8 Å². The molecule has 3 heterocycles. The number of hydrogen-bond donors (Lipinski definition) is 1. The average Bonchev–Trinajstić information content (AvgIpc) is 2.99. The molecule has 9 heteroatoms. The fourth-order valence-corrected chi connectivity index (χ4v) is 2.54. The number of nitrogens with one attached hydrogen (secondary N) is 1. The first-order valence-electron chi connectivity index (χ1n) is 6.93. The molecule has 1 N–H and O–H groups in total. The smallest absolute Gasteiger partial charge is 0.279 e. The van der Waals surface area contributed by atoms with Crippen LogP contribution in [0.1, 0.15) is 16.2 Å². The molecule has 1 amide bonds. The van der Waals surface area contributed by atoms with Gasteiger partial charge < -0.3 is 10.1 Å². The molecule has 0 atom stereocenters. The van der Waals surface area contributed by atoms with Gasteiger partial charge in [-0.3, -0.25) is 4.79 Å². The molecule has 0 spiro atoms. The van der Waals surface area contributed by atoms with Gasteiger partial charge in [0.1, 0.15) is 40.5 Å². The third-order valence-electron chi connectivity index (χ3n) is 3.45. The van der Waals surface area contributed by atoms with Crippen LogP contribution in [-0.2, 0) is 6.61 Å². The molecule has 0 aliphatic carbocycles. The van der Waals surface area contributed by atoms with E-state index in [0.29, 0.717) is 22.9 Å². The number of aromatic nitrogens is 4. The van der Waals surface area contributed by atoms with Gasteiger partial charge in [-0.05, 0) is 24.3 Å². The second kappa shape index (κ2) is 5.57. The van der Waals surface area contributed by atoms with E-state index in [1.54, 1.807) is 18.2 Å². The normalized spacial score (nSPS) is 12.1. The van der Waals surface area contributed by atoms with E-state index in [-0.39, 0.29) is 17.5 Å². The van der Waals surface area contributed by atoms with Crippen molar-refractivity contribution in [2.75, 3.05) is 5.32 Å². The van der Waals surface area contributed by atoms with Crippen LogP contribution in [0.4, 0.5) is 10.2 Å². The number of fused-ring (bicyclic) bond motifs is 3. The largest absolute Gasteiger partial charge is 0.485 e. The quantitative estimate of drug-likeness (QED) is 0.722. The van der Waals surface area contributed by atoms with E-state index in [1.807, 2.05) is 0 Å². The third kappa shape index (κ3) is 2.46. The summed E-state index contributed by atoms with van der Waals surface area (Å²) in [6.45, 7) is 0.0508. The van der Waals surface area contributed by atoms with Crippen LogP contribution in [0.15, 0.2) is 36.4 Å². The van der Waals surface area contributed by atoms with Gasteiger partial charge in [0, 0.05) is 6.07 Å². The average molecular weight is 346 g/mol. The maximum absolute atomic E-state index is 13.3. The van der Waals surface area contributed by atoms with Gasteiger partial charge in [-0.15, -0.1) is 5.10 Å². The Balaban J connectivity index is 1.67. The predicted molar refractivity (Wildman–Crippen MR) is 82.8 cm³/mol. The highest BCUT2D eigenvalue weighted by Gasteiger charge is 2.26. The molecular formula is C15H9ClFN5O2. The number of ether oxygens (including phenoxy) is 1. The molecule has 0 radical (unpaired) electrons. The van der Waals surface area contributed by atoms with Crippen molar-refractivity contribution in [1.29, 1.82) is 0 Å². The summed E-state index contributed by atoms with van der Waals surface area (Å²) < 4.78 is 20.2. The fraction of sp³-hybridized carbons (Fsp3) is 0.0667. The SMILES string of the molecule is O=C(Nc1cccc(Cl)n1)c1nnn2c1COc1cc(F)ccc1-2. The molecule has 0 bridgehead atoms. The van der Waals surface area contributed by atoms with Crippen LogP contribution in [0.5, 0.6) is 5.75 Å². The Hall–Kier alpha value is -3.00. The minimum atomic E-state index is -0.486. The lowest BCUT2D eigenvalue weighted by Gasteiger charge is -2.18. The van der Waals surface area contributed by atoms with Gasteiger partial charge in [0.2, 0.25) is 0 Å². The highest BCUT2D eigenvalue weighted by molar-refractivity contribution is 6.29. The second-order valence-corrected chi connectivity index (χ2v) is 5.38. The standard InChI is InChI=1S/C15H9ClFN5O2/c16-12-2-1-3-13(18-12)19-15(23)14-10-7-24-11-6-8(17)4-5-9(11)22(10)21-20-14/h1-6H,7H2,(H,18,19,23). The highest BCUT2D eigenvalue weighted by Crippen LogP contribution is 2.30. The molecule has 1 aliphatic rings. The van der Waals surface area contributed by atoms with Crippen LogP contribution < -0.4 is 10.1 Å². The highest BCUT2D eigenvalue weighted by atomic mass is 35.5. The monoisotopic (exact) mass is 345 g/mol. The number of nitrogens with zero attached hydrogens (tertiary/aromatic N) is 4. The van der Waals surface area contributed by atoms with Gasteiger partial charge in [-0.25, -0.2) is 14.1 Å². The summed E-state index contributed by atoms with van der Waals surface area (Å²) in [5.74, 6) is -0.258. The summed E-state index contributed by atoms with van der Waals surface area (Å²) in [4.78, 5) is 16.4. The van der Waals surface area contributed by atoms with Crippen LogP contribution in [0, 0.1) is 5.82 Å². The molecule has 0 unspecified atom stereocenters. The van der Waals surface area contributed by atoms with Gasteiger partial charge in [0.25, 0.3) is 5.91 Å². The van der Waals surface area contributed by atoms with Gasteiger partial charge in [0.15, 0.2) is 5.69 Å². The first-order valence-corrected chi connectivity index (χ1v) is 7.31. The zero-order valence-electron chi connectivity index (χ0n) is 12.0. The van der Waals surface area contributed by atoms with Gasteiger partial charge >= 0.3 is 0 Å². The molecule has 4 rings (SSSR count). The second-order valence-electron chi connectivity index (χ2n) is 5.00. The van der Waals surface area contributed by atoms with Crippen LogP contribution in [0.3, 0.4) is 0 Å². The molecule has 3 aromatic rings. The Morgan fingerprint density at radius 3 is 3.04 bits per heavy atom. The minimum absolute atomic E-state index is 0.0508. The first kappa shape index (κ1) is 14.6. The van der Waals surface area contributed by atoms with Crippen molar-refractivity contribution in [2.24, 2.45) is 0 Å². The molecular weight excluding hydrogens is 337 g/mol. The lowest BCUT2D eigenvalue weighted by atomic mass is 10.2. The van der Waals surface area contributed by atoms with E-state index in [0.717, 1.165) is 0 Å². The van der Waals surface area contributed by atoms with Gasteiger partial charge in [0.05, 0.1) is 0 Å². The number of carbonyl (C=O) groups excluding carboxylic acids is 1. The summed E-state index contributed by atoms with van der Waals surface area (Å²) in [5.41, 5.74) is 1.09. The van der Waals surface area contributed by atoms with E-state index < -0.39 is 11.7 Å².